The molecule has 1 aromatic rings. The molecule has 1 fully saturated rings. The van der Waals surface area contributed by atoms with Crippen LogP contribution in [0, 0.1) is 11.6 Å². The smallest absolute Gasteiger partial charge is 0.130 e. The predicted octanol–water partition coefficient (Wildman–Crippen LogP) is 2.38. The van der Waals surface area contributed by atoms with E-state index in [2.05, 4.69) is 10.6 Å². The van der Waals surface area contributed by atoms with Crippen LogP contribution in [0.3, 0.4) is 0 Å². The van der Waals surface area contributed by atoms with Crippen molar-refractivity contribution >= 4 is 0 Å². The fourth-order valence-corrected chi connectivity index (χ4v) is 2.70. The van der Waals surface area contributed by atoms with E-state index in [1.807, 2.05) is 6.92 Å². The molecule has 0 aromatic heterocycles. The third kappa shape index (κ3) is 3.98. The van der Waals surface area contributed by atoms with Crippen LogP contribution in [0.25, 0.3) is 0 Å². The van der Waals surface area contributed by atoms with Crippen molar-refractivity contribution in [2.24, 2.45) is 0 Å². The van der Waals surface area contributed by atoms with E-state index in [-0.39, 0.29) is 17.6 Å². The molecular weight excluding hydrogens is 262 g/mol. The number of ether oxygens (including phenoxy) is 1. The van der Waals surface area contributed by atoms with E-state index in [9.17, 15) is 8.78 Å². The molecule has 3 atom stereocenters. The molecule has 1 saturated heterocycles. The van der Waals surface area contributed by atoms with Crippen molar-refractivity contribution in [3.8, 4) is 0 Å². The van der Waals surface area contributed by atoms with Crippen LogP contribution in [0.5, 0.6) is 0 Å². The number of nitrogens with one attached hydrogen (secondary N) is 2. The van der Waals surface area contributed by atoms with Crippen molar-refractivity contribution in [1.29, 1.82) is 0 Å². The van der Waals surface area contributed by atoms with Crippen LogP contribution in [0.4, 0.5) is 8.78 Å². The van der Waals surface area contributed by atoms with Crippen LogP contribution in [-0.4, -0.2) is 31.8 Å². The highest BCUT2D eigenvalue weighted by molar-refractivity contribution is 5.22. The summed E-state index contributed by atoms with van der Waals surface area (Å²) >= 11 is 0. The average molecular weight is 284 g/mol. The van der Waals surface area contributed by atoms with Crippen molar-refractivity contribution in [2.75, 3.05) is 19.8 Å². The Bertz CT molecular complexity index is 416. The van der Waals surface area contributed by atoms with Crippen molar-refractivity contribution in [3.05, 3.63) is 35.4 Å². The number of hydrogen-bond donors (Lipinski definition) is 2. The Kier molecular flexibility index (Phi) is 5.46. The molecule has 112 valence electrons. The van der Waals surface area contributed by atoms with Gasteiger partial charge in [-0.1, -0.05) is 6.07 Å². The highest BCUT2D eigenvalue weighted by Crippen LogP contribution is 2.21. The predicted molar refractivity (Wildman–Crippen MR) is 74.6 cm³/mol. The molecule has 0 spiro atoms. The molecule has 0 saturated carbocycles. The lowest BCUT2D eigenvalue weighted by atomic mass is 10.0. The summed E-state index contributed by atoms with van der Waals surface area (Å²) < 4.78 is 32.8. The molecule has 2 rings (SSSR count). The van der Waals surface area contributed by atoms with E-state index in [4.69, 9.17) is 4.74 Å². The Morgan fingerprint density at radius 2 is 2.05 bits per heavy atom. The van der Waals surface area contributed by atoms with Crippen LogP contribution in [0.2, 0.25) is 0 Å². The number of benzene rings is 1. The maximum absolute atomic E-state index is 13.7. The normalized spacial score (nSPS) is 22.5. The molecule has 1 heterocycles. The fraction of sp³-hybridized carbons (Fsp3) is 0.600. The van der Waals surface area contributed by atoms with Gasteiger partial charge in [0.25, 0.3) is 0 Å². The number of morpholine rings is 1. The minimum Gasteiger partial charge on any atom is -0.379 e. The van der Waals surface area contributed by atoms with Gasteiger partial charge in [0.05, 0.1) is 13.2 Å². The zero-order valence-corrected chi connectivity index (χ0v) is 12.0. The second-order valence-electron chi connectivity index (χ2n) is 5.39. The molecule has 1 aromatic carbocycles. The lowest BCUT2D eigenvalue weighted by Gasteiger charge is -2.28. The minimum absolute atomic E-state index is 0.104. The lowest BCUT2D eigenvalue weighted by Crippen LogP contribution is -2.45. The maximum Gasteiger partial charge on any atom is 0.130 e. The van der Waals surface area contributed by atoms with Crippen molar-refractivity contribution in [2.45, 2.75) is 38.4 Å². The molecule has 3 nitrogen and oxygen atoms in total. The Morgan fingerprint density at radius 1 is 1.35 bits per heavy atom. The van der Waals surface area contributed by atoms with Gasteiger partial charge in [0.15, 0.2) is 0 Å². The van der Waals surface area contributed by atoms with Crippen molar-refractivity contribution in [1.82, 2.24) is 10.6 Å². The van der Waals surface area contributed by atoms with Gasteiger partial charge in [-0.05, 0) is 32.4 Å². The number of hydrogen-bond acceptors (Lipinski definition) is 3. The third-order valence-corrected chi connectivity index (χ3v) is 3.60. The second-order valence-corrected chi connectivity index (χ2v) is 5.39. The van der Waals surface area contributed by atoms with Crippen LogP contribution in [0.1, 0.15) is 31.9 Å². The lowest BCUT2D eigenvalue weighted by molar-refractivity contribution is 0.0708. The first-order chi connectivity index (χ1) is 9.58. The Hall–Kier alpha value is -1.04. The van der Waals surface area contributed by atoms with Crippen LogP contribution in [0.15, 0.2) is 18.2 Å². The fourth-order valence-electron chi connectivity index (χ4n) is 2.70. The first-order valence-corrected chi connectivity index (χ1v) is 7.09. The monoisotopic (exact) mass is 284 g/mol. The van der Waals surface area contributed by atoms with Crippen LogP contribution in [-0.2, 0) is 4.74 Å². The molecule has 3 unspecified atom stereocenters. The Labute approximate surface area is 118 Å². The molecule has 1 aliphatic heterocycles. The SMILES string of the molecule is CC(CC1COCCN1)NC(C)c1c(F)cccc1F. The molecule has 2 N–H and O–H groups in total. The van der Waals surface area contributed by atoms with Crippen molar-refractivity contribution in [3.63, 3.8) is 0 Å². The topological polar surface area (TPSA) is 33.3 Å². The van der Waals surface area contributed by atoms with Gasteiger partial charge in [-0.2, -0.15) is 0 Å². The molecule has 5 heteroatoms. The van der Waals surface area contributed by atoms with Gasteiger partial charge in [0.2, 0.25) is 0 Å². The summed E-state index contributed by atoms with van der Waals surface area (Å²) in [6, 6.07) is 4.03. The zero-order chi connectivity index (χ0) is 14.5. The van der Waals surface area contributed by atoms with Gasteiger partial charge < -0.3 is 15.4 Å². The molecule has 20 heavy (non-hydrogen) atoms. The van der Waals surface area contributed by atoms with E-state index in [0.717, 1.165) is 19.6 Å². The van der Waals surface area contributed by atoms with Gasteiger partial charge in [-0.15, -0.1) is 0 Å². The summed E-state index contributed by atoms with van der Waals surface area (Å²) in [4.78, 5) is 0. The molecule has 0 bridgehead atoms. The molecule has 0 aliphatic carbocycles. The van der Waals surface area contributed by atoms with E-state index < -0.39 is 11.6 Å². The summed E-state index contributed by atoms with van der Waals surface area (Å²) in [6.07, 6.45) is 0.862. The zero-order valence-electron chi connectivity index (χ0n) is 12.0. The second kappa shape index (κ2) is 7.11. The van der Waals surface area contributed by atoms with E-state index >= 15 is 0 Å². The third-order valence-electron chi connectivity index (χ3n) is 3.60. The number of halogens is 2. The van der Waals surface area contributed by atoms with Gasteiger partial charge in [0.1, 0.15) is 11.6 Å². The Balaban J connectivity index is 1.91. The highest BCUT2D eigenvalue weighted by atomic mass is 19.1. The summed E-state index contributed by atoms with van der Waals surface area (Å²) in [5.41, 5.74) is 0.104. The minimum atomic E-state index is -0.503. The van der Waals surface area contributed by atoms with Crippen molar-refractivity contribution < 1.29 is 13.5 Å². The molecule has 1 aliphatic rings. The summed E-state index contributed by atoms with van der Waals surface area (Å²) in [6.45, 7) is 6.09. The van der Waals surface area contributed by atoms with E-state index in [1.54, 1.807) is 6.92 Å². The molecule has 0 radical (unpaired) electrons. The van der Waals surface area contributed by atoms with E-state index in [1.165, 1.54) is 18.2 Å². The summed E-state index contributed by atoms with van der Waals surface area (Å²) in [7, 11) is 0. The maximum atomic E-state index is 13.7. The van der Waals surface area contributed by atoms with E-state index in [0.29, 0.717) is 12.6 Å². The quantitative estimate of drug-likeness (QED) is 0.871. The van der Waals surface area contributed by atoms with Gasteiger partial charge in [-0.3, -0.25) is 0 Å². The standard InChI is InChI=1S/C15H22F2N2O/c1-10(8-12-9-20-7-6-18-12)19-11(2)15-13(16)4-3-5-14(15)17/h3-5,10-12,18-19H,6-9H2,1-2H3. The molecular formula is C15H22F2N2O. The summed E-state index contributed by atoms with van der Waals surface area (Å²) in [5, 5.41) is 6.62. The largest absolute Gasteiger partial charge is 0.379 e. The average Bonchev–Trinajstić information content (AvgIpc) is 2.39. The molecule has 0 amide bonds. The first-order valence-electron chi connectivity index (χ1n) is 7.09. The summed E-state index contributed by atoms with van der Waals surface area (Å²) in [5.74, 6) is -1.01. The van der Waals surface area contributed by atoms with Gasteiger partial charge >= 0.3 is 0 Å². The van der Waals surface area contributed by atoms with Crippen LogP contribution >= 0.6 is 0 Å². The van der Waals surface area contributed by atoms with Crippen LogP contribution < -0.4 is 10.6 Å². The number of rotatable bonds is 5. The Morgan fingerprint density at radius 3 is 2.65 bits per heavy atom. The first kappa shape index (κ1) is 15.4. The van der Waals surface area contributed by atoms with Gasteiger partial charge in [0, 0.05) is 30.2 Å². The van der Waals surface area contributed by atoms with Gasteiger partial charge in [-0.25, -0.2) is 8.78 Å². The highest BCUT2D eigenvalue weighted by Gasteiger charge is 2.20.